The fourth-order valence-electron chi connectivity index (χ4n) is 3.41. The summed E-state index contributed by atoms with van der Waals surface area (Å²) < 4.78 is 26.3. The highest BCUT2D eigenvalue weighted by atomic mass is 35.5. The molecular weight excluding hydrogens is 533 g/mol. The van der Waals surface area contributed by atoms with Crippen LogP contribution in [0.3, 0.4) is 0 Å². The Hall–Kier alpha value is -2.00. The van der Waals surface area contributed by atoms with Crippen molar-refractivity contribution < 1.29 is 18.0 Å². The Morgan fingerprint density at radius 2 is 1.74 bits per heavy atom. The normalized spacial score (nSPS) is 12.2. The van der Waals surface area contributed by atoms with Gasteiger partial charge >= 0.3 is 0 Å². The molecule has 2 rings (SSSR count). The predicted molar refractivity (Wildman–Crippen MR) is 143 cm³/mol. The zero-order valence-corrected chi connectivity index (χ0v) is 23.2. The first-order chi connectivity index (χ1) is 16.4. The minimum atomic E-state index is -3.85. The molecule has 0 fully saturated rings. The third kappa shape index (κ3) is 8.00. The second-order valence-corrected chi connectivity index (χ2v) is 11.4. The highest BCUT2D eigenvalue weighted by molar-refractivity contribution is 7.92. The number of nitrogens with zero attached hydrogens (tertiary/aromatic N) is 2. The van der Waals surface area contributed by atoms with E-state index in [4.69, 9.17) is 34.8 Å². The molecule has 0 heterocycles. The maximum absolute atomic E-state index is 13.5. The molecule has 11 heteroatoms. The lowest BCUT2D eigenvalue weighted by molar-refractivity contribution is -0.139. The van der Waals surface area contributed by atoms with E-state index < -0.39 is 28.5 Å². The maximum Gasteiger partial charge on any atom is 0.244 e. The molecule has 2 aromatic rings. The van der Waals surface area contributed by atoms with Gasteiger partial charge in [-0.3, -0.25) is 13.9 Å². The molecule has 0 saturated heterocycles. The Labute approximate surface area is 222 Å². The van der Waals surface area contributed by atoms with E-state index in [0.29, 0.717) is 38.4 Å². The molecule has 1 atom stereocenters. The molecule has 35 heavy (non-hydrogen) atoms. The van der Waals surface area contributed by atoms with Crippen LogP contribution in [0.4, 0.5) is 5.69 Å². The van der Waals surface area contributed by atoms with Gasteiger partial charge in [-0.15, -0.1) is 0 Å². The number of benzene rings is 2. The molecule has 0 aromatic heterocycles. The molecule has 0 spiro atoms. The monoisotopic (exact) mass is 561 g/mol. The van der Waals surface area contributed by atoms with Crippen LogP contribution < -0.4 is 9.62 Å². The standard InChI is InChI=1S/C24H30Cl3N3O4S/c1-5-6-12-28-24(32)17(3)29(14-18-10-11-20(26)21(27)13-18)23(31)15-30(35(4,33)34)22-9-7-8-19(25)16(22)2/h7-11,13,17H,5-6,12,14-15H2,1-4H3,(H,28,32)/t17-/m1/s1. The average molecular weight is 563 g/mol. The zero-order valence-electron chi connectivity index (χ0n) is 20.1. The number of carbonyl (C=O) groups is 2. The van der Waals surface area contributed by atoms with E-state index in [2.05, 4.69) is 5.32 Å². The summed E-state index contributed by atoms with van der Waals surface area (Å²) in [7, 11) is -3.85. The molecule has 2 amide bonds. The fraction of sp³-hybridized carbons (Fsp3) is 0.417. The summed E-state index contributed by atoms with van der Waals surface area (Å²) in [5.41, 5.74) is 1.46. The van der Waals surface area contributed by atoms with Gasteiger partial charge in [0.25, 0.3) is 0 Å². The maximum atomic E-state index is 13.5. The van der Waals surface area contributed by atoms with E-state index >= 15 is 0 Å². The van der Waals surface area contributed by atoms with Gasteiger partial charge in [-0.25, -0.2) is 8.42 Å². The molecule has 192 valence electrons. The molecule has 0 aliphatic carbocycles. The zero-order chi connectivity index (χ0) is 26.3. The SMILES string of the molecule is CCCCNC(=O)[C@@H](C)N(Cc1ccc(Cl)c(Cl)c1)C(=O)CN(c1cccc(Cl)c1C)S(C)(=O)=O. The lowest BCUT2D eigenvalue weighted by Crippen LogP contribution is -2.51. The van der Waals surface area contributed by atoms with Crippen LogP contribution in [-0.4, -0.2) is 50.5 Å². The van der Waals surface area contributed by atoms with Crippen molar-refractivity contribution in [3.05, 3.63) is 62.6 Å². The van der Waals surface area contributed by atoms with Gasteiger partial charge in [-0.05, 0) is 55.7 Å². The highest BCUT2D eigenvalue weighted by Gasteiger charge is 2.30. The van der Waals surface area contributed by atoms with E-state index in [1.807, 2.05) is 6.92 Å². The van der Waals surface area contributed by atoms with Crippen LogP contribution in [0.2, 0.25) is 15.1 Å². The largest absolute Gasteiger partial charge is 0.354 e. The third-order valence-electron chi connectivity index (χ3n) is 5.52. The smallest absolute Gasteiger partial charge is 0.244 e. The van der Waals surface area contributed by atoms with Crippen LogP contribution in [0.1, 0.15) is 37.8 Å². The van der Waals surface area contributed by atoms with Crippen LogP contribution in [0.5, 0.6) is 0 Å². The van der Waals surface area contributed by atoms with Crippen LogP contribution in [0.25, 0.3) is 0 Å². The minimum absolute atomic E-state index is 0.0320. The molecular formula is C24H30Cl3N3O4S. The molecule has 0 radical (unpaired) electrons. The number of halogens is 3. The van der Waals surface area contributed by atoms with Crippen molar-refractivity contribution in [2.75, 3.05) is 23.7 Å². The predicted octanol–water partition coefficient (Wildman–Crippen LogP) is 5.05. The summed E-state index contributed by atoms with van der Waals surface area (Å²) in [6.45, 7) is 5.29. The number of sulfonamides is 1. The second-order valence-electron chi connectivity index (χ2n) is 8.24. The number of carbonyl (C=O) groups excluding carboxylic acids is 2. The van der Waals surface area contributed by atoms with Crippen molar-refractivity contribution >= 4 is 62.3 Å². The Morgan fingerprint density at radius 1 is 1.06 bits per heavy atom. The molecule has 0 saturated carbocycles. The molecule has 0 aliphatic heterocycles. The quantitative estimate of drug-likeness (QED) is 0.388. The molecule has 2 aromatic carbocycles. The molecule has 0 bridgehead atoms. The van der Waals surface area contributed by atoms with Gasteiger partial charge in [0.1, 0.15) is 12.6 Å². The number of nitrogens with one attached hydrogen (secondary N) is 1. The summed E-state index contributed by atoms with van der Waals surface area (Å²) >= 11 is 18.4. The average Bonchev–Trinajstić information content (AvgIpc) is 2.79. The number of amides is 2. The van der Waals surface area contributed by atoms with E-state index in [1.165, 1.54) is 4.90 Å². The first-order valence-corrected chi connectivity index (χ1v) is 14.1. The molecule has 1 N–H and O–H groups in total. The van der Waals surface area contributed by atoms with Gasteiger partial charge in [-0.2, -0.15) is 0 Å². The van der Waals surface area contributed by atoms with E-state index in [9.17, 15) is 18.0 Å². The number of unbranched alkanes of at least 4 members (excludes halogenated alkanes) is 1. The molecule has 0 aliphatic rings. The lowest BCUT2D eigenvalue weighted by Gasteiger charge is -2.32. The Kier molecular flexibility index (Phi) is 10.7. The van der Waals surface area contributed by atoms with Gasteiger partial charge < -0.3 is 10.2 Å². The number of hydrogen-bond donors (Lipinski definition) is 1. The topological polar surface area (TPSA) is 86.8 Å². The van der Waals surface area contributed by atoms with Gasteiger partial charge in [0, 0.05) is 18.1 Å². The minimum Gasteiger partial charge on any atom is -0.354 e. The van der Waals surface area contributed by atoms with Crippen LogP contribution in [-0.2, 0) is 26.2 Å². The van der Waals surface area contributed by atoms with Crippen molar-refractivity contribution in [2.24, 2.45) is 0 Å². The summed E-state index contributed by atoms with van der Waals surface area (Å²) in [5.74, 6) is -0.893. The van der Waals surface area contributed by atoms with Gasteiger partial charge in [0.15, 0.2) is 0 Å². The second kappa shape index (κ2) is 12.8. The van der Waals surface area contributed by atoms with Crippen LogP contribution >= 0.6 is 34.8 Å². The third-order valence-corrected chi connectivity index (χ3v) is 7.80. The van der Waals surface area contributed by atoms with Crippen molar-refractivity contribution in [3.8, 4) is 0 Å². The van der Waals surface area contributed by atoms with Crippen molar-refractivity contribution in [1.29, 1.82) is 0 Å². The van der Waals surface area contributed by atoms with Crippen molar-refractivity contribution in [3.63, 3.8) is 0 Å². The Morgan fingerprint density at radius 3 is 2.34 bits per heavy atom. The first kappa shape index (κ1) is 29.2. The number of hydrogen-bond acceptors (Lipinski definition) is 4. The Balaban J connectivity index is 2.42. The summed E-state index contributed by atoms with van der Waals surface area (Å²) in [6, 6.07) is 8.89. The first-order valence-electron chi connectivity index (χ1n) is 11.1. The van der Waals surface area contributed by atoms with E-state index in [-0.39, 0.29) is 12.5 Å². The highest BCUT2D eigenvalue weighted by Crippen LogP contribution is 2.29. The van der Waals surface area contributed by atoms with E-state index in [0.717, 1.165) is 23.4 Å². The number of anilines is 1. The van der Waals surface area contributed by atoms with Crippen LogP contribution in [0.15, 0.2) is 36.4 Å². The van der Waals surface area contributed by atoms with Crippen molar-refractivity contribution in [1.82, 2.24) is 10.2 Å². The number of rotatable bonds is 11. The summed E-state index contributed by atoms with van der Waals surface area (Å²) in [5, 5.41) is 3.87. The van der Waals surface area contributed by atoms with Gasteiger partial charge in [-0.1, -0.05) is 60.3 Å². The van der Waals surface area contributed by atoms with Gasteiger partial charge in [0.05, 0.1) is 22.0 Å². The lowest BCUT2D eigenvalue weighted by atomic mass is 10.1. The van der Waals surface area contributed by atoms with E-state index in [1.54, 1.807) is 50.2 Å². The molecule has 7 nitrogen and oxygen atoms in total. The summed E-state index contributed by atoms with van der Waals surface area (Å²) in [4.78, 5) is 27.7. The fourth-order valence-corrected chi connectivity index (χ4v) is 4.80. The van der Waals surface area contributed by atoms with Crippen molar-refractivity contribution in [2.45, 2.75) is 46.2 Å². The van der Waals surface area contributed by atoms with Gasteiger partial charge in [0.2, 0.25) is 21.8 Å². The van der Waals surface area contributed by atoms with Crippen LogP contribution in [0, 0.1) is 6.92 Å². The summed E-state index contributed by atoms with van der Waals surface area (Å²) in [6.07, 6.45) is 2.73. The Bertz CT molecular complexity index is 1170. The molecule has 0 unspecified atom stereocenters.